The van der Waals surface area contributed by atoms with Crippen molar-refractivity contribution < 1.29 is 34.7 Å². The standard InChI is InChI=1S/C11H8F5NO3S/c12-6-1-2-9(8(3-6)11(13,14)15)17-5-7(4-10(17)18)21(16,19)20/h1-3,7H,4-5H2. The molecule has 1 unspecified atom stereocenters. The van der Waals surface area contributed by atoms with Gasteiger partial charge in [-0.05, 0) is 18.2 Å². The summed E-state index contributed by atoms with van der Waals surface area (Å²) in [5, 5.41) is -1.73. The van der Waals surface area contributed by atoms with E-state index in [4.69, 9.17) is 0 Å². The molecular weight excluding hydrogens is 321 g/mol. The summed E-state index contributed by atoms with van der Waals surface area (Å²) < 4.78 is 85.9. The summed E-state index contributed by atoms with van der Waals surface area (Å²) >= 11 is 0. The Morgan fingerprint density at radius 3 is 2.33 bits per heavy atom. The number of halogens is 5. The Kier molecular flexibility index (Phi) is 3.68. The highest BCUT2D eigenvalue weighted by Crippen LogP contribution is 2.39. The third-order valence-electron chi connectivity index (χ3n) is 3.04. The molecule has 1 aromatic carbocycles. The van der Waals surface area contributed by atoms with Crippen molar-refractivity contribution in [1.82, 2.24) is 0 Å². The van der Waals surface area contributed by atoms with Crippen LogP contribution in [0.2, 0.25) is 0 Å². The molecule has 1 aromatic rings. The molecule has 1 atom stereocenters. The molecule has 2 rings (SSSR count). The summed E-state index contributed by atoms with van der Waals surface area (Å²) in [4.78, 5) is 12.1. The van der Waals surface area contributed by atoms with Crippen LogP contribution < -0.4 is 4.90 Å². The first-order chi connectivity index (χ1) is 9.50. The van der Waals surface area contributed by atoms with Crippen LogP contribution in [0.4, 0.5) is 27.1 Å². The Bertz CT molecular complexity index is 686. The van der Waals surface area contributed by atoms with Gasteiger partial charge in [-0.25, -0.2) is 4.39 Å². The van der Waals surface area contributed by atoms with E-state index in [1.807, 2.05) is 0 Å². The number of carbonyl (C=O) groups is 1. The predicted molar refractivity (Wildman–Crippen MR) is 62.2 cm³/mol. The van der Waals surface area contributed by atoms with E-state index < -0.39 is 57.6 Å². The van der Waals surface area contributed by atoms with E-state index in [1.54, 1.807) is 0 Å². The van der Waals surface area contributed by atoms with Gasteiger partial charge in [0.1, 0.15) is 11.1 Å². The molecule has 0 aliphatic carbocycles. The molecule has 1 aliphatic heterocycles. The van der Waals surface area contributed by atoms with E-state index in [2.05, 4.69) is 0 Å². The van der Waals surface area contributed by atoms with Gasteiger partial charge in [0.05, 0.1) is 11.3 Å². The summed E-state index contributed by atoms with van der Waals surface area (Å²) in [5.41, 5.74) is -2.12. The first kappa shape index (κ1) is 15.7. The van der Waals surface area contributed by atoms with Gasteiger partial charge in [-0.3, -0.25) is 4.79 Å². The molecule has 116 valence electrons. The summed E-state index contributed by atoms with van der Waals surface area (Å²) in [6.07, 6.45) is -5.70. The molecule has 1 aliphatic rings. The lowest BCUT2D eigenvalue weighted by molar-refractivity contribution is -0.137. The number of amides is 1. The molecule has 0 aromatic heterocycles. The van der Waals surface area contributed by atoms with Crippen molar-refractivity contribution in [2.75, 3.05) is 11.4 Å². The van der Waals surface area contributed by atoms with E-state index in [-0.39, 0.29) is 6.07 Å². The molecule has 1 saturated heterocycles. The van der Waals surface area contributed by atoms with E-state index in [0.29, 0.717) is 17.0 Å². The molecule has 1 amide bonds. The molecule has 10 heteroatoms. The number of anilines is 1. The van der Waals surface area contributed by atoms with Crippen LogP contribution in [0.1, 0.15) is 12.0 Å². The number of hydrogen-bond donors (Lipinski definition) is 0. The molecule has 21 heavy (non-hydrogen) atoms. The van der Waals surface area contributed by atoms with E-state index in [9.17, 15) is 34.7 Å². The smallest absolute Gasteiger partial charge is 0.310 e. The summed E-state index contributed by atoms with van der Waals surface area (Å²) in [6.45, 7) is -0.744. The average molecular weight is 329 g/mol. The van der Waals surface area contributed by atoms with Crippen LogP contribution in [0.25, 0.3) is 0 Å². The van der Waals surface area contributed by atoms with Crippen molar-refractivity contribution in [3.63, 3.8) is 0 Å². The van der Waals surface area contributed by atoms with Crippen molar-refractivity contribution in [3.05, 3.63) is 29.6 Å². The fourth-order valence-electron chi connectivity index (χ4n) is 2.07. The highest BCUT2D eigenvalue weighted by molar-refractivity contribution is 7.87. The zero-order valence-corrected chi connectivity index (χ0v) is 11.0. The predicted octanol–water partition coefficient (Wildman–Crippen LogP) is 2.25. The third kappa shape index (κ3) is 3.14. The summed E-state index contributed by atoms with van der Waals surface area (Å²) in [7, 11) is -5.05. The van der Waals surface area contributed by atoms with Crippen LogP contribution in [0, 0.1) is 5.82 Å². The molecule has 0 bridgehead atoms. The Labute approximate surface area is 116 Å². The van der Waals surface area contributed by atoms with Crippen molar-refractivity contribution in [2.24, 2.45) is 0 Å². The van der Waals surface area contributed by atoms with Gasteiger partial charge in [-0.2, -0.15) is 21.6 Å². The molecular formula is C11H8F5NO3S. The van der Waals surface area contributed by atoms with Gasteiger partial charge >= 0.3 is 16.4 Å². The van der Waals surface area contributed by atoms with Gasteiger partial charge < -0.3 is 4.90 Å². The van der Waals surface area contributed by atoms with Gasteiger partial charge in [0.25, 0.3) is 0 Å². The minimum atomic E-state index is -5.05. The molecule has 1 heterocycles. The van der Waals surface area contributed by atoms with Crippen LogP contribution in [0.3, 0.4) is 0 Å². The average Bonchev–Trinajstić information content (AvgIpc) is 2.70. The van der Waals surface area contributed by atoms with Crippen molar-refractivity contribution in [1.29, 1.82) is 0 Å². The first-order valence-electron chi connectivity index (χ1n) is 5.60. The molecule has 0 N–H and O–H groups in total. The van der Waals surface area contributed by atoms with E-state index in [1.165, 1.54) is 0 Å². The fourth-order valence-corrected chi connectivity index (χ4v) is 2.74. The van der Waals surface area contributed by atoms with Crippen molar-refractivity contribution in [3.8, 4) is 0 Å². The fraction of sp³-hybridized carbons (Fsp3) is 0.364. The zero-order chi connectivity index (χ0) is 16.0. The van der Waals surface area contributed by atoms with Gasteiger partial charge in [0.15, 0.2) is 0 Å². The minimum absolute atomic E-state index is 0.194. The lowest BCUT2D eigenvalue weighted by Gasteiger charge is -2.21. The Morgan fingerprint density at radius 2 is 1.86 bits per heavy atom. The maximum Gasteiger partial charge on any atom is 0.418 e. The molecule has 0 radical (unpaired) electrons. The third-order valence-corrected chi connectivity index (χ3v) is 4.15. The van der Waals surface area contributed by atoms with Gasteiger partial charge in [0.2, 0.25) is 5.91 Å². The second kappa shape index (κ2) is 4.93. The Morgan fingerprint density at radius 1 is 1.24 bits per heavy atom. The summed E-state index contributed by atoms with van der Waals surface area (Å²) in [6, 6.07) is 1.61. The zero-order valence-electron chi connectivity index (χ0n) is 10.2. The van der Waals surface area contributed by atoms with E-state index in [0.717, 1.165) is 0 Å². The molecule has 4 nitrogen and oxygen atoms in total. The van der Waals surface area contributed by atoms with Crippen LogP contribution >= 0.6 is 0 Å². The normalized spacial score (nSPS) is 20.1. The quantitative estimate of drug-likeness (QED) is 0.618. The second-order valence-electron chi connectivity index (χ2n) is 4.47. The van der Waals surface area contributed by atoms with Gasteiger partial charge in [-0.15, -0.1) is 3.89 Å². The largest absolute Gasteiger partial charge is 0.418 e. The minimum Gasteiger partial charge on any atom is -0.310 e. The Hall–Kier alpha value is -1.71. The highest BCUT2D eigenvalue weighted by Gasteiger charge is 2.43. The number of nitrogens with zero attached hydrogens (tertiary/aromatic N) is 1. The number of hydrogen-bond acceptors (Lipinski definition) is 3. The number of carbonyl (C=O) groups excluding carboxylic acids is 1. The van der Waals surface area contributed by atoms with Crippen LogP contribution in [-0.4, -0.2) is 26.1 Å². The van der Waals surface area contributed by atoms with Crippen LogP contribution in [0.15, 0.2) is 18.2 Å². The topological polar surface area (TPSA) is 54.5 Å². The maximum atomic E-state index is 13.0. The monoisotopic (exact) mass is 329 g/mol. The molecule has 1 fully saturated rings. The number of benzene rings is 1. The first-order valence-corrected chi connectivity index (χ1v) is 7.05. The van der Waals surface area contributed by atoms with Crippen molar-refractivity contribution >= 4 is 21.8 Å². The van der Waals surface area contributed by atoms with Crippen LogP contribution in [-0.2, 0) is 21.2 Å². The van der Waals surface area contributed by atoms with Crippen LogP contribution in [0.5, 0.6) is 0 Å². The Balaban J connectivity index is 2.46. The molecule has 0 spiro atoms. The maximum absolute atomic E-state index is 13.0. The highest BCUT2D eigenvalue weighted by atomic mass is 32.3. The SMILES string of the molecule is O=C1CC(S(=O)(=O)F)CN1c1ccc(F)cc1C(F)(F)F. The summed E-state index contributed by atoms with van der Waals surface area (Å²) in [5.74, 6) is -2.13. The number of alkyl halides is 3. The van der Waals surface area contributed by atoms with Crippen molar-refractivity contribution in [2.45, 2.75) is 17.8 Å². The molecule has 0 saturated carbocycles. The van der Waals surface area contributed by atoms with Gasteiger partial charge in [0, 0.05) is 13.0 Å². The second-order valence-corrected chi connectivity index (χ2v) is 6.08. The lowest BCUT2D eigenvalue weighted by atomic mass is 10.1. The lowest BCUT2D eigenvalue weighted by Crippen LogP contribution is -2.29. The van der Waals surface area contributed by atoms with Gasteiger partial charge in [-0.1, -0.05) is 0 Å². The van der Waals surface area contributed by atoms with E-state index >= 15 is 0 Å². The number of rotatable bonds is 2.